The summed E-state index contributed by atoms with van der Waals surface area (Å²) < 4.78 is 30.7. The monoisotopic (exact) mass is 271 g/mol. The van der Waals surface area contributed by atoms with Gasteiger partial charge in [0, 0.05) is 25.6 Å². The van der Waals surface area contributed by atoms with Gasteiger partial charge in [0.15, 0.2) is 5.82 Å². The highest BCUT2D eigenvalue weighted by molar-refractivity contribution is 5.55. The maximum atomic E-state index is 14.6. The molecule has 0 N–H and O–H groups in total. The van der Waals surface area contributed by atoms with Crippen LogP contribution in [0.15, 0.2) is 0 Å². The van der Waals surface area contributed by atoms with Gasteiger partial charge in [-0.1, -0.05) is 13.8 Å². The summed E-state index contributed by atoms with van der Waals surface area (Å²) in [6, 6.07) is 0. The zero-order chi connectivity index (χ0) is 14.7. The SMILES string of the molecule is C[C@@H]1c2c(N(C)C)nn(C(C)(C)C)c2C(F)(F)[C@@H]1C. The Bertz CT molecular complexity index is 498. The zero-order valence-electron chi connectivity index (χ0n) is 12.8. The van der Waals surface area contributed by atoms with Crippen molar-refractivity contribution >= 4 is 5.82 Å². The van der Waals surface area contributed by atoms with E-state index in [1.54, 1.807) is 6.92 Å². The van der Waals surface area contributed by atoms with Crippen LogP contribution in [-0.4, -0.2) is 23.9 Å². The Kier molecular flexibility index (Phi) is 2.96. The third-order valence-electron chi connectivity index (χ3n) is 4.05. The second kappa shape index (κ2) is 3.93. The number of fused-ring (bicyclic) bond motifs is 1. The van der Waals surface area contributed by atoms with Crippen LogP contribution >= 0.6 is 0 Å². The van der Waals surface area contributed by atoms with E-state index in [1.165, 1.54) is 4.68 Å². The molecule has 1 aliphatic carbocycles. The molecule has 0 saturated heterocycles. The van der Waals surface area contributed by atoms with E-state index in [-0.39, 0.29) is 11.6 Å². The fraction of sp³-hybridized carbons (Fsp3) is 0.786. The van der Waals surface area contributed by atoms with Gasteiger partial charge >= 0.3 is 0 Å². The molecule has 19 heavy (non-hydrogen) atoms. The molecule has 0 amide bonds. The van der Waals surface area contributed by atoms with Gasteiger partial charge in [0.1, 0.15) is 5.69 Å². The average molecular weight is 271 g/mol. The minimum atomic E-state index is -2.82. The highest BCUT2D eigenvalue weighted by atomic mass is 19.3. The van der Waals surface area contributed by atoms with Crippen LogP contribution in [0.4, 0.5) is 14.6 Å². The average Bonchev–Trinajstić information content (AvgIpc) is 2.72. The Labute approximate surface area is 113 Å². The molecule has 0 radical (unpaired) electrons. The maximum absolute atomic E-state index is 14.6. The molecule has 1 aromatic rings. The molecule has 0 unspecified atom stereocenters. The van der Waals surface area contributed by atoms with Gasteiger partial charge in [-0.3, -0.25) is 4.68 Å². The molecular formula is C14H23F2N3. The molecule has 1 aliphatic rings. The van der Waals surface area contributed by atoms with Crippen molar-refractivity contribution < 1.29 is 8.78 Å². The molecule has 1 heterocycles. The number of halogens is 2. The molecule has 0 aliphatic heterocycles. The van der Waals surface area contributed by atoms with Crippen LogP contribution in [0.1, 0.15) is 51.8 Å². The fourth-order valence-electron chi connectivity index (χ4n) is 2.75. The van der Waals surface area contributed by atoms with Crippen LogP contribution < -0.4 is 4.90 Å². The van der Waals surface area contributed by atoms with Crippen LogP contribution in [0.3, 0.4) is 0 Å². The van der Waals surface area contributed by atoms with Gasteiger partial charge in [0.2, 0.25) is 0 Å². The van der Waals surface area contributed by atoms with E-state index >= 15 is 0 Å². The molecule has 0 spiro atoms. The van der Waals surface area contributed by atoms with E-state index in [1.807, 2.05) is 46.7 Å². The fourth-order valence-corrected chi connectivity index (χ4v) is 2.75. The minimum absolute atomic E-state index is 0.101. The molecule has 0 saturated carbocycles. The first-order valence-corrected chi connectivity index (χ1v) is 6.68. The summed E-state index contributed by atoms with van der Waals surface area (Å²) in [4.78, 5) is 1.83. The van der Waals surface area contributed by atoms with Crippen LogP contribution in [-0.2, 0) is 11.5 Å². The largest absolute Gasteiger partial charge is 0.361 e. The number of hydrogen-bond donors (Lipinski definition) is 0. The molecule has 2 atom stereocenters. The summed E-state index contributed by atoms with van der Waals surface area (Å²) in [5, 5.41) is 4.45. The van der Waals surface area contributed by atoms with E-state index in [2.05, 4.69) is 5.10 Å². The second-order valence-electron chi connectivity index (χ2n) is 6.76. The second-order valence-corrected chi connectivity index (χ2v) is 6.76. The predicted octanol–water partition coefficient (Wildman–Crippen LogP) is 3.55. The standard InChI is InChI=1S/C14H23F2N3/c1-8-9(2)14(15,16)11-10(8)12(18(6)7)17-19(11)13(3,4)5/h8-9H,1-7H3/t8-,9+/m0/s1. The molecule has 108 valence electrons. The normalized spacial score (nSPS) is 25.5. The highest BCUT2D eigenvalue weighted by Crippen LogP contribution is 2.55. The van der Waals surface area contributed by atoms with Crippen molar-refractivity contribution in [2.24, 2.45) is 5.92 Å². The van der Waals surface area contributed by atoms with Gasteiger partial charge < -0.3 is 4.90 Å². The number of hydrogen-bond acceptors (Lipinski definition) is 2. The molecule has 0 aromatic carbocycles. The zero-order valence-corrected chi connectivity index (χ0v) is 12.8. The summed E-state index contributed by atoms with van der Waals surface area (Å²) in [5.41, 5.74) is 0.354. The van der Waals surface area contributed by atoms with E-state index in [0.29, 0.717) is 11.4 Å². The minimum Gasteiger partial charge on any atom is -0.361 e. The molecule has 2 rings (SSSR count). The van der Waals surface area contributed by atoms with E-state index in [9.17, 15) is 8.78 Å². The highest BCUT2D eigenvalue weighted by Gasteiger charge is 2.55. The first-order valence-electron chi connectivity index (χ1n) is 6.68. The summed E-state index contributed by atoms with van der Waals surface area (Å²) in [5.74, 6) is -3.02. The van der Waals surface area contributed by atoms with E-state index in [4.69, 9.17) is 0 Å². The lowest BCUT2D eigenvalue weighted by Crippen LogP contribution is -2.31. The maximum Gasteiger partial charge on any atom is 0.292 e. The molecule has 1 aromatic heterocycles. The lowest BCUT2D eigenvalue weighted by atomic mass is 9.95. The molecule has 0 fully saturated rings. The van der Waals surface area contributed by atoms with Crippen molar-refractivity contribution in [1.82, 2.24) is 9.78 Å². The third kappa shape index (κ3) is 1.85. The Morgan fingerprint density at radius 3 is 2.16 bits per heavy atom. The van der Waals surface area contributed by atoms with Gasteiger partial charge in [-0.2, -0.15) is 13.9 Å². The van der Waals surface area contributed by atoms with Crippen LogP contribution in [0.2, 0.25) is 0 Å². The molecule has 3 nitrogen and oxygen atoms in total. The number of rotatable bonds is 1. The van der Waals surface area contributed by atoms with Crippen molar-refractivity contribution in [3.8, 4) is 0 Å². The van der Waals surface area contributed by atoms with Crippen molar-refractivity contribution in [2.45, 2.75) is 52.0 Å². The summed E-state index contributed by atoms with van der Waals surface area (Å²) in [6.07, 6.45) is 0. The first-order chi connectivity index (χ1) is 8.49. The Morgan fingerprint density at radius 1 is 1.21 bits per heavy atom. The van der Waals surface area contributed by atoms with Crippen molar-refractivity contribution in [2.75, 3.05) is 19.0 Å². The Hall–Kier alpha value is -1.13. The number of anilines is 1. The van der Waals surface area contributed by atoms with Crippen molar-refractivity contribution in [3.05, 3.63) is 11.3 Å². The predicted molar refractivity (Wildman–Crippen MR) is 73.0 cm³/mol. The summed E-state index contributed by atoms with van der Waals surface area (Å²) in [6.45, 7) is 9.21. The van der Waals surface area contributed by atoms with Crippen molar-refractivity contribution in [3.63, 3.8) is 0 Å². The van der Waals surface area contributed by atoms with Gasteiger partial charge in [-0.05, 0) is 26.7 Å². The van der Waals surface area contributed by atoms with Gasteiger partial charge in [0.05, 0.1) is 5.54 Å². The topological polar surface area (TPSA) is 21.1 Å². The number of nitrogens with zero attached hydrogens (tertiary/aromatic N) is 3. The molecule has 5 heteroatoms. The Balaban J connectivity index is 2.77. The Morgan fingerprint density at radius 2 is 1.74 bits per heavy atom. The summed E-state index contributed by atoms with van der Waals surface area (Å²) in [7, 11) is 3.70. The molecular weight excluding hydrogens is 248 g/mol. The lowest BCUT2D eigenvalue weighted by molar-refractivity contribution is -0.0613. The number of alkyl halides is 2. The van der Waals surface area contributed by atoms with Crippen LogP contribution in [0.5, 0.6) is 0 Å². The summed E-state index contributed by atoms with van der Waals surface area (Å²) >= 11 is 0. The third-order valence-corrected chi connectivity index (χ3v) is 4.05. The van der Waals surface area contributed by atoms with E-state index in [0.717, 1.165) is 0 Å². The van der Waals surface area contributed by atoms with Crippen molar-refractivity contribution in [1.29, 1.82) is 0 Å². The number of aromatic nitrogens is 2. The van der Waals surface area contributed by atoms with Crippen LogP contribution in [0.25, 0.3) is 0 Å². The van der Waals surface area contributed by atoms with E-state index < -0.39 is 17.4 Å². The smallest absolute Gasteiger partial charge is 0.292 e. The van der Waals surface area contributed by atoms with Gasteiger partial charge in [-0.15, -0.1) is 0 Å². The van der Waals surface area contributed by atoms with Crippen LogP contribution in [0, 0.1) is 5.92 Å². The van der Waals surface area contributed by atoms with Gasteiger partial charge in [-0.25, -0.2) is 0 Å². The van der Waals surface area contributed by atoms with Gasteiger partial charge in [0.25, 0.3) is 5.92 Å². The quantitative estimate of drug-likeness (QED) is 0.779. The molecule has 0 bridgehead atoms. The lowest BCUT2D eigenvalue weighted by Gasteiger charge is -2.26. The first kappa shape index (κ1) is 14.3.